The van der Waals surface area contributed by atoms with Gasteiger partial charge in [-0.25, -0.2) is 4.68 Å². The molecule has 3 N–H and O–H groups in total. The number of hydrogen-bond acceptors (Lipinski definition) is 4. The molecule has 2 amide bonds. The van der Waals surface area contributed by atoms with Crippen molar-refractivity contribution in [1.29, 1.82) is 0 Å². The van der Waals surface area contributed by atoms with Gasteiger partial charge in [-0.3, -0.25) is 9.59 Å². The zero-order valence-corrected chi connectivity index (χ0v) is 16.1. The van der Waals surface area contributed by atoms with E-state index >= 15 is 0 Å². The third-order valence-electron chi connectivity index (χ3n) is 5.45. The van der Waals surface area contributed by atoms with Crippen molar-refractivity contribution in [1.82, 2.24) is 14.7 Å². The Bertz CT molecular complexity index is 1030. The molecule has 0 aliphatic carbocycles. The van der Waals surface area contributed by atoms with Crippen LogP contribution in [0, 0.1) is 17.3 Å². The molecule has 1 fully saturated rings. The number of rotatable bonds is 2. The van der Waals surface area contributed by atoms with Crippen LogP contribution in [-0.4, -0.2) is 46.6 Å². The maximum absolute atomic E-state index is 12.3. The van der Waals surface area contributed by atoms with E-state index in [1.807, 2.05) is 31.2 Å². The average molecular weight is 377 g/mol. The molecule has 0 radical (unpaired) electrons. The first-order chi connectivity index (χ1) is 13.4. The van der Waals surface area contributed by atoms with Crippen molar-refractivity contribution in [2.24, 2.45) is 11.1 Å². The van der Waals surface area contributed by atoms with Crippen molar-refractivity contribution in [3.05, 3.63) is 41.2 Å². The van der Waals surface area contributed by atoms with E-state index in [0.29, 0.717) is 0 Å². The van der Waals surface area contributed by atoms with E-state index in [2.05, 4.69) is 22.3 Å². The molecule has 1 saturated heterocycles. The molecular formula is C21H23N5O2. The lowest BCUT2D eigenvalue weighted by atomic mass is 9.89. The number of primary amides is 1. The van der Waals surface area contributed by atoms with Gasteiger partial charge in [0, 0.05) is 25.7 Å². The van der Waals surface area contributed by atoms with Crippen molar-refractivity contribution in [3.63, 3.8) is 0 Å². The first-order valence-corrected chi connectivity index (χ1v) is 9.44. The maximum Gasteiger partial charge on any atom is 0.271 e. The number of nitrogens with zero attached hydrogens (tertiary/aromatic N) is 3. The molecule has 144 valence electrons. The molecule has 0 bridgehead atoms. The van der Waals surface area contributed by atoms with Crippen LogP contribution in [0.1, 0.15) is 41.5 Å². The van der Waals surface area contributed by atoms with Gasteiger partial charge in [-0.1, -0.05) is 17.9 Å². The van der Waals surface area contributed by atoms with Gasteiger partial charge < -0.3 is 16.0 Å². The molecule has 0 saturated carbocycles. The van der Waals surface area contributed by atoms with Crippen molar-refractivity contribution in [3.8, 4) is 17.5 Å². The van der Waals surface area contributed by atoms with Crippen molar-refractivity contribution < 1.29 is 9.59 Å². The third-order valence-corrected chi connectivity index (χ3v) is 5.45. The fraction of sp³-hybridized carbons (Fsp3) is 0.381. The standard InChI is InChI=1S/C21H23N5O2/c1-21(10-12-25(2)20(21)28)9-8-14-5-3-6-15(13-14)26-16-7-4-11-23-17(16)18(24-26)19(22)27/h3,5-6,13,23H,4,7,10-12H2,1-2H3,(H2,22,27)/t21-/m1/s1. The van der Waals surface area contributed by atoms with Crippen LogP contribution in [0.15, 0.2) is 24.3 Å². The minimum absolute atomic E-state index is 0.0643. The second kappa shape index (κ2) is 6.71. The molecule has 3 heterocycles. The summed E-state index contributed by atoms with van der Waals surface area (Å²) in [6.45, 7) is 3.42. The number of carbonyl (C=O) groups excluding carboxylic acids is 2. The Morgan fingerprint density at radius 3 is 2.93 bits per heavy atom. The molecule has 7 nitrogen and oxygen atoms in total. The summed E-state index contributed by atoms with van der Waals surface area (Å²) in [5.74, 6) is 5.83. The van der Waals surface area contributed by atoms with Crippen molar-refractivity contribution in [2.75, 3.05) is 25.5 Å². The molecule has 1 atom stereocenters. The van der Waals surface area contributed by atoms with Crippen LogP contribution in [0.2, 0.25) is 0 Å². The van der Waals surface area contributed by atoms with Gasteiger partial charge in [0.1, 0.15) is 5.41 Å². The van der Waals surface area contributed by atoms with Gasteiger partial charge in [0.2, 0.25) is 5.91 Å². The molecule has 2 aliphatic rings. The number of nitrogens with two attached hydrogens (primary N) is 1. The number of amides is 2. The van der Waals surface area contributed by atoms with E-state index in [0.717, 1.165) is 55.0 Å². The molecule has 28 heavy (non-hydrogen) atoms. The number of hydrogen-bond donors (Lipinski definition) is 2. The Morgan fingerprint density at radius 1 is 1.39 bits per heavy atom. The van der Waals surface area contributed by atoms with Crippen molar-refractivity contribution in [2.45, 2.75) is 26.2 Å². The second-order valence-corrected chi connectivity index (χ2v) is 7.59. The molecule has 1 aromatic heterocycles. The second-order valence-electron chi connectivity index (χ2n) is 7.59. The minimum Gasteiger partial charge on any atom is -0.382 e. The average Bonchev–Trinajstić information content (AvgIpc) is 3.21. The van der Waals surface area contributed by atoms with Crippen molar-refractivity contribution >= 4 is 17.5 Å². The first kappa shape index (κ1) is 18.1. The number of likely N-dealkylation sites (tertiary alicyclic amines) is 1. The predicted molar refractivity (Wildman–Crippen MR) is 106 cm³/mol. The quantitative estimate of drug-likeness (QED) is 0.777. The van der Waals surface area contributed by atoms with Crippen LogP contribution >= 0.6 is 0 Å². The Balaban J connectivity index is 1.71. The normalized spacial score (nSPS) is 20.9. The van der Waals surface area contributed by atoms with Crippen LogP contribution in [0.4, 0.5) is 5.69 Å². The van der Waals surface area contributed by atoms with Crippen LogP contribution < -0.4 is 11.1 Å². The fourth-order valence-corrected chi connectivity index (χ4v) is 3.79. The monoisotopic (exact) mass is 377 g/mol. The fourth-order valence-electron chi connectivity index (χ4n) is 3.79. The number of benzene rings is 1. The molecule has 1 aromatic carbocycles. The lowest BCUT2D eigenvalue weighted by Crippen LogP contribution is -2.28. The molecule has 0 unspecified atom stereocenters. The van der Waals surface area contributed by atoms with Gasteiger partial charge in [0.25, 0.3) is 5.91 Å². The van der Waals surface area contributed by atoms with Gasteiger partial charge >= 0.3 is 0 Å². The smallest absolute Gasteiger partial charge is 0.271 e. The third kappa shape index (κ3) is 3.01. The molecule has 2 aromatic rings. The molecule has 4 rings (SSSR count). The van der Waals surface area contributed by atoms with Gasteiger partial charge in [-0.2, -0.15) is 5.10 Å². The zero-order valence-electron chi connectivity index (χ0n) is 16.1. The van der Waals surface area contributed by atoms with E-state index in [9.17, 15) is 9.59 Å². The number of aromatic nitrogens is 2. The maximum atomic E-state index is 12.3. The first-order valence-electron chi connectivity index (χ1n) is 9.44. The summed E-state index contributed by atoms with van der Waals surface area (Å²) in [7, 11) is 1.81. The number of carbonyl (C=O) groups is 2. The summed E-state index contributed by atoms with van der Waals surface area (Å²) < 4.78 is 1.77. The van der Waals surface area contributed by atoms with E-state index < -0.39 is 11.3 Å². The number of anilines is 1. The Kier molecular flexibility index (Phi) is 4.34. The van der Waals surface area contributed by atoms with E-state index in [1.165, 1.54) is 0 Å². The Morgan fingerprint density at radius 2 is 2.21 bits per heavy atom. The lowest BCUT2D eigenvalue weighted by Gasteiger charge is -2.16. The summed E-state index contributed by atoms with van der Waals surface area (Å²) in [6.07, 6.45) is 2.51. The van der Waals surface area contributed by atoms with Gasteiger partial charge in [0.05, 0.1) is 17.1 Å². The zero-order chi connectivity index (χ0) is 19.9. The highest BCUT2D eigenvalue weighted by molar-refractivity contribution is 5.97. The van der Waals surface area contributed by atoms with Gasteiger partial charge in [0.15, 0.2) is 5.69 Å². The van der Waals surface area contributed by atoms with Crippen LogP contribution in [0.3, 0.4) is 0 Å². The Hall–Kier alpha value is -3.27. The van der Waals surface area contributed by atoms with E-state index in [-0.39, 0.29) is 11.6 Å². The summed E-state index contributed by atoms with van der Waals surface area (Å²) in [6, 6.07) is 7.66. The molecular weight excluding hydrogens is 354 g/mol. The summed E-state index contributed by atoms with van der Waals surface area (Å²) in [5.41, 5.74) is 8.42. The van der Waals surface area contributed by atoms with Gasteiger partial charge in [-0.05, 0) is 44.4 Å². The van der Waals surface area contributed by atoms with E-state index in [4.69, 9.17) is 5.73 Å². The molecule has 7 heteroatoms. The molecule has 0 spiro atoms. The highest BCUT2D eigenvalue weighted by Gasteiger charge is 2.39. The highest BCUT2D eigenvalue weighted by atomic mass is 16.2. The summed E-state index contributed by atoms with van der Waals surface area (Å²) >= 11 is 0. The van der Waals surface area contributed by atoms with Crippen LogP contribution in [-0.2, 0) is 11.2 Å². The summed E-state index contributed by atoms with van der Waals surface area (Å²) in [5, 5.41) is 7.69. The topological polar surface area (TPSA) is 93.2 Å². The largest absolute Gasteiger partial charge is 0.382 e. The summed E-state index contributed by atoms with van der Waals surface area (Å²) in [4.78, 5) is 25.8. The Labute approximate surface area is 163 Å². The van der Waals surface area contributed by atoms with E-state index in [1.54, 1.807) is 16.6 Å². The predicted octanol–water partition coefficient (Wildman–Crippen LogP) is 1.55. The highest BCUT2D eigenvalue weighted by Crippen LogP contribution is 2.30. The lowest BCUT2D eigenvalue weighted by molar-refractivity contribution is -0.131. The number of fused-ring (bicyclic) bond motifs is 1. The SMILES string of the molecule is CN1CC[C@@](C)(C#Cc2cccc(-n3nc(C(N)=O)c4c3CCCN4)c2)C1=O. The number of nitrogens with one attached hydrogen (secondary N) is 1. The molecule has 2 aliphatic heterocycles. The van der Waals surface area contributed by atoms with Crippen LogP contribution in [0.5, 0.6) is 0 Å². The van der Waals surface area contributed by atoms with Gasteiger partial charge in [-0.15, -0.1) is 0 Å². The minimum atomic E-state index is -0.640. The van der Waals surface area contributed by atoms with Crippen LogP contribution in [0.25, 0.3) is 5.69 Å².